The van der Waals surface area contributed by atoms with Crippen molar-refractivity contribution in [1.82, 2.24) is 5.43 Å². The first-order chi connectivity index (χ1) is 10.6. The SMILES string of the molecule is CN(C)c1ccc(C=NNC(=S)Nc2ccccc2)c(Cl)c1. The summed E-state index contributed by atoms with van der Waals surface area (Å²) in [6.07, 6.45) is 1.64. The Morgan fingerprint density at radius 3 is 2.55 bits per heavy atom. The first-order valence-corrected chi connectivity index (χ1v) is 7.47. The van der Waals surface area contributed by atoms with Gasteiger partial charge in [-0.1, -0.05) is 29.8 Å². The monoisotopic (exact) mass is 332 g/mol. The normalized spacial score (nSPS) is 10.5. The lowest BCUT2D eigenvalue weighted by Gasteiger charge is -2.13. The molecule has 0 saturated heterocycles. The molecule has 6 heteroatoms. The van der Waals surface area contributed by atoms with Gasteiger partial charge in [0.25, 0.3) is 0 Å². The number of benzene rings is 2. The van der Waals surface area contributed by atoms with Crippen LogP contribution in [-0.2, 0) is 0 Å². The first kappa shape index (κ1) is 16.3. The van der Waals surface area contributed by atoms with E-state index in [1.807, 2.05) is 67.5 Å². The minimum absolute atomic E-state index is 0.420. The lowest BCUT2D eigenvalue weighted by molar-refractivity contribution is 1.05. The standard InChI is InChI=1S/C16H17ClN4S/c1-21(2)14-9-8-12(15(17)10-14)11-18-20-16(22)19-13-6-4-3-5-7-13/h3-11H,1-2H3,(H2,19,20,22). The van der Waals surface area contributed by atoms with Crippen LogP contribution in [0, 0.1) is 0 Å². The van der Waals surface area contributed by atoms with Crippen LogP contribution < -0.4 is 15.6 Å². The molecule has 0 aromatic heterocycles. The van der Waals surface area contributed by atoms with Crippen molar-refractivity contribution < 1.29 is 0 Å². The Morgan fingerprint density at radius 2 is 1.91 bits per heavy atom. The highest BCUT2D eigenvalue weighted by molar-refractivity contribution is 7.80. The van der Waals surface area contributed by atoms with Crippen LogP contribution in [0.4, 0.5) is 11.4 Å². The summed E-state index contributed by atoms with van der Waals surface area (Å²) < 4.78 is 0. The molecule has 0 radical (unpaired) electrons. The smallest absolute Gasteiger partial charge is 0.191 e. The van der Waals surface area contributed by atoms with Crippen molar-refractivity contribution in [3.63, 3.8) is 0 Å². The second-order valence-corrected chi connectivity index (χ2v) is 5.61. The summed E-state index contributed by atoms with van der Waals surface area (Å²) in [5.41, 5.74) is 5.53. The van der Waals surface area contributed by atoms with Crippen molar-refractivity contribution in [2.45, 2.75) is 0 Å². The molecule has 2 aromatic rings. The van der Waals surface area contributed by atoms with Crippen LogP contribution in [0.2, 0.25) is 5.02 Å². The molecule has 0 amide bonds. The minimum atomic E-state index is 0.420. The van der Waals surface area contributed by atoms with Crippen LogP contribution in [-0.4, -0.2) is 25.4 Å². The molecule has 0 spiro atoms. The summed E-state index contributed by atoms with van der Waals surface area (Å²) in [6.45, 7) is 0. The number of hydrogen-bond acceptors (Lipinski definition) is 3. The van der Waals surface area contributed by atoms with E-state index < -0.39 is 0 Å². The quantitative estimate of drug-likeness (QED) is 0.508. The van der Waals surface area contributed by atoms with Crippen molar-refractivity contribution in [1.29, 1.82) is 0 Å². The third-order valence-corrected chi connectivity index (χ3v) is 3.42. The molecule has 0 heterocycles. The van der Waals surface area contributed by atoms with Crippen LogP contribution >= 0.6 is 23.8 Å². The average molecular weight is 333 g/mol. The number of halogens is 1. The molecule has 4 nitrogen and oxygen atoms in total. The number of nitrogens with zero attached hydrogens (tertiary/aromatic N) is 2. The van der Waals surface area contributed by atoms with Crippen LogP contribution in [0.1, 0.15) is 5.56 Å². The van der Waals surface area contributed by atoms with Gasteiger partial charge in [-0.05, 0) is 42.5 Å². The summed E-state index contributed by atoms with van der Waals surface area (Å²) in [5.74, 6) is 0. The van der Waals surface area contributed by atoms with Gasteiger partial charge in [-0.25, -0.2) is 0 Å². The predicted molar refractivity (Wildman–Crippen MR) is 99.2 cm³/mol. The van der Waals surface area contributed by atoms with Crippen molar-refractivity contribution in [3.8, 4) is 0 Å². The van der Waals surface area contributed by atoms with Gasteiger partial charge < -0.3 is 10.2 Å². The Bertz CT molecular complexity index is 671. The van der Waals surface area contributed by atoms with Crippen molar-refractivity contribution in [3.05, 3.63) is 59.1 Å². The Labute approximate surface area is 140 Å². The second-order valence-electron chi connectivity index (χ2n) is 4.79. The van der Waals surface area contributed by atoms with Crippen LogP contribution in [0.15, 0.2) is 53.6 Å². The number of thiocarbonyl (C=S) groups is 1. The van der Waals surface area contributed by atoms with E-state index in [0.29, 0.717) is 10.1 Å². The van der Waals surface area contributed by atoms with E-state index in [-0.39, 0.29) is 0 Å². The summed E-state index contributed by atoms with van der Waals surface area (Å²) in [6, 6.07) is 15.4. The van der Waals surface area contributed by atoms with Crippen molar-refractivity contribution in [2.75, 3.05) is 24.3 Å². The fraction of sp³-hybridized carbons (Fsp3) is 0.125. The van der Waals surface area contributed by atoms with E-state index in [4.69, 9.17) is 23.8 Å². The summed E-state index contributed by atoms with van der Waals surface area (Å²) in [7, 11) is 3.93. The average Bonchev–Trinajstić information content (AvgIpc) is 2.49. The van der Waals surface area contributed by atoms with Gasteiger partial charge in [0, 0.05) is 31.0 Å². The first-order valence-electron chi connectivity index (χ1n) is 6.68. The summed E-state index contributed by atoms with van der Waals surface area (Å²) in [4.78, 5) is 1.99. The van der Waals surface area contributed by atoms with Crippen LogP contribution in [0.5, 0.6) is 0 Å². The molecule has 2 aromatic carbocycles. The van der Waals surface area contributed by atoms with Gasteiger partial charge in [-0.3, -0.25) is 5.43 Å². The summed E-state index contributed by atoms with van der Waals surface area (Å²) >= 11 is 11.4. The number of nitrogens with one attached hydrogen (secondary N) is 2. The Hall–Kier alpha value is -2.11. The van der Waals surface area contributed by atoms with E-state index in [1.165, 1.54) is 0 Å². The highest BCUT2D eigenvalue weighted by atomic mass is 35.5. The van der Waals surface area contributed by atoms with Gasteiger partial charge in [0.1, 0.15) is 0 Å². The zero-order valence-corrected chi connectivity index (χ0v) is 13.9. The Kier molecular flexibility index (Phi) is 5.75. The van der Waals surface area contributed by atoms with Gasteiger partial charge in [0.15, 0.2) is 5.11 Å². The van der Waals surface area contributed by atoms with Gasteiger partial charge in [0.05, 0.1) is 11.2 Å². The third kappa shape index (κ3) is 4.72. The number of hydrazone groups is 1. The zero-order chi connectivity index (χ0) is 15.9. The van der Waals surface area contributed by atoms with Crippen molar-refractivity contribution in [2.24, 2.45) is 5.10 Å². The van der Waals surface area contributed by atoms with Gasteiger partial charge >= 0.3 is 0 Å². The molecule has 0 aliphatic heterocycles. The molecule has 0 saturated carbocycles. The third-order valence-electron chi connectivity index (χ3n) is 2.90. The number of para-hydroxylation sites is 1. The largest absolute Gasteiger partial charge is 0.378 e. The molecule has 0 aliphatic carbocycles. The van der Waals surface area contributed by atoms with Gasteiger partial charge in [0.2, 0.25) is 0 Å². The van der Waals surface area contributed by atoms with Crippen LogP contribution in [0.25, 0.3) is 0 Å². The van der Waals surface area contributed by atoms with Crippen LogP contribution in [0.3, 0.4) is 0 Å². The zero-order valence-electron chi connectivity index (χ0n) is 12.4. The number of hydrogen-bond donors (Lipinski definition) is 2. The van der Waals surface area contributed by atoms with E-state index in [2.05, 4.69) is 15.8 Å². The van der Waals surface area contributed by atoms with Gasteiger partial charge in [-0.15, -0.1) is 0 Å². The maximum absolute atomic E-state index is 6.22. The Balaban J connectivity index is 1.93. The molecular formula is C16H17ClN4S. The molecule has 114 valence electrons. The molecule has 22 heavy (non-hydrogen) atoms. The maximum Gasteiger partial charge on any atom is 0.191 e. The molecular weight excluding hydrogens is 316 g/mol. The molecule has 0 unspecified atom stereocenters. The number of anilines is 2. The topological polar surface area (TPSA) is 39.7 Å². The highest BCUT2D eigenvalue weighted by Gasteiger charge is 2.01. The molecule has 0 bridgehead atoms. The maximum atomic E-state index is 6.22. The van der Waals surface area contributed by atoms with Gasteiger partial charge in [-0.2, -0.15) is 5.10 Å². The predicted octanol–water partition coefficient (Wildman–Crippen LogP) is 3.73. The highest BCUT2D eigenvalue weighted by Crippen LogP contribution is 2.21. The second kappa shape index (κ2) is 7.77. The molecule has 2 rings (SSSR count). The summed E-state index contributed by atoms with van der Waals surface area (Å²) in [5, 5.41) is 8.19. The van der Waals surface area contributed by atoms with Crippen molar-refractivity contribution >= 4 is 46.5 Å². The lowest BCUT2D eigenvalue weighted by Crippen LogP contribution is -2.23. The lowest BCUT2D eigenvalue weighted by atomic mass is 10.2. The molecule has 2 N–H and O–H groups in total. The molecule has 0 atom stereocenters. The fourth-order valence-corrected chi connectivity index (χ4v) is 2.13. The number of rotatable bonds is 4. The Morgan fingerprint density at radius 1 is 1.18 bits per heavy atom. The van der Waals surface area contributed by atoms with E-state index in [9.17, 15) is 0 Å². The van der Waals surface area contributed by atoms with E-state index in [0.717, 1.165) is 16.9 Å². The minimum Gasteiger partial charge on any atom is -0.378 e. The molecule has 0 aliphatic rings. The van der Waals surface area contributed by atoms with E-state index >= 15 is 0 Å². The van der Waals surface area contributed by atoms with E-state index in [1.54, 1.807) is 6.21 Å². The fourth-order valence-electron chi connectivity index (χ4n) is 1.74. The molecule has 0 fully saturated rings.